The molecule has 0 unspecified atom stereocenters. The summed E-state index contributed by atoms with van der Waals surface area (Å²) in [4.78, 5) is 11.9. The number of anilines is 1. The lowest BCUT2D eigenvalue weighted by molar-refractivity contribution is 0.340. The van der Waals surface area contributed by atoms with Crippen molar-refractivity contribution in [2.45, 2.75) is 6.54 Å². The molecule has 0 aliphatic rings. The topological polar surface area (TPSA) is 95.2 Å². The van der Waals surface area contributed by atoms with Gasteiger partial charge in [0.25, 0.3) is 0 Å². The highest BCUT2D eigenvalue weighted by molar-refractivity contribution is 5.28. The highest BCUT2D eigenvalue weighted by Crippen LogP contribution is 2.12. The van der Waals surface area contributed by atoms with Crippen LogP contribution in [0.15, 0.2) is 16.8 Å². The van der Waals surface area contributed by atoms with Gasteiger partial charge in [0.15, 0.2) is 5.76 Å². The Morgan fingerprint density at radius 1 is 1.18 bits per heavy atom. The van der Waals surface area contributed by atoms with Gasteiger partial charge in [0, 0.05) is 6.07 Å². The molecule has 2 heterocycles. The Bertz CT molecular complexity index is 451. The summed E-state index contributed by atoms with van der Waals surface area (Å²) in [6.45, 7) is 0.413. The molecule has 0 atom stereocenters. The maximum atomic E-state index is 4.92. The van der Waals surface area contributed by atoms with E-state index in [-0.39, 0.29) is 12.0 Å². The van der Waals surface area contributed by atoms with Crippen LogP contribution in [0.5, 0.6) is 12.0 Å². The molecule has 17 heavy (non-hydrogen) atoms. The number of hydrogen-bond acceptors (Lipinski definition) is 8. The second-order valence-corrected chi connectivity index (χ2v) is 2.96. The Hall–Kier alpha value is -2.38. The average Bonchev–Trinajstić information content (AvgIpc) is 2.89. The third-order valence-corrected chi connectivity index (χ3v) is 1.87. The zero-order valence-electron chi connectivity index (χ0n) is 9.38. The Morgan fingerprint density at radius 3 is 2.41 bits per heavy atom. The molecule has 2 aromatic rings. The van der Waals surface area contributed by atoms with Crippen molar-refractivity contribution in [1.29, 1.82) is 0 Å². The second-order valence-electron chi connectivity index (χ2n) is 2.96. The lowest BCUT2D eigenvalue weighted by Crippen LogP contribution is -2.06. The van der Waals surface area contributed by atoms with Crippen LogP contribution < -0.4 is 14.8 Å². The molecule has 0 fully saturated rings. The fraction of sp³-hybridized carbons (Fsp3) is 0.333. The molecule has 0 radical (unpaired) electrons. The van der Waals surface area contributed by atoms with Crippen LogP contribution in [0.3, 0.4) is 0 Å². The predicted octanol–water partition coefficient (Wildman–Crippen LogP) is 0.489. The summed E-state index contributed by atoms with van der Waals surface area (Å²) in [5.41, 5.74) is 0. The number of nitrogens with one attached hydrogen (secondary N) is 1. The first-order valence-corrected chi connectivity index (χ1v) is 4.79. The Balaban J connectivity index is 2.09. The fourth-order valence-electron chi connectivity index (χ4n) is 1.10. The third-order valence-electron chi connectivity index (χ3n) is 1.87. The van der Waals surface area contributed by atoms with E-state index < -0.39 is 0 Å². The van der Waals surface area contributed by atoms with E-state index in [4.69, 9.17) is 14.0 Å². The van der Waals surface area contributed by atoms with Crippen LogP contribution in [0, 0.1) is 0 Å². The monoisotopic (exact) mass is 237 g/mol. The van der Waals surface area contributed by atoms with Gasteiger partial charge in [0.1, 0.15) is 0 Å². The molecule has 0 saturated heterocycles. The SMILES string of the molecule is COc1nc(NCc2ccno2)nc(OC)n1. The minimum Gasteiger partial charge on any atom is -0.467 e. The van der Waals surface area contributed by atoms with Crippen LogP contribution in [-0.2, 0) is 6.54 Å². The average molecular weight is 237 g/mol. The molecule has 8 nitrogen and oxygen atoms in total. The van der Waals surface area contributed by atoms with Gasteiger partial charge in [-0.1, -0.05) is 5.16 Å². The highest BCUT2D eigenvalue weighted by Gasteiger charge is 2.07. The van der Waals surface area contributed by atoms with Crippen LogP contribution in [0.25, 0.3) is 0 Å². The fourth-order valence-corrected chi connectivity index (χ4v) is 1.10. The van der Waals surface area contributed by atoms with Crippen LogP contribution in [0.1, 0.15) is 5.76 Å². The van der Waals surface area contributed by atoms with Crippen molar-refractivity contribution in [3.05, 3.63) is 18.0 Å². The molecular formula is C9H11N5O3. The van der Waals surface area contributed by atoms with Crippen molar-refractivity contribution in [3.8, 4) is 12.0 Å². The van der Waals surface area contributed by atoms with E-state index >= 15 is 0 Å². The summed E-state index contributed by atoms with van der Waals surface area (Å²) < 4.78 is 14.8. The molecule has 0 aliphatic carbocycles. The normalized spacial score (nSPS) is 10.0. The van der Waals surface area contributed by atoms with Gasteiger partial charge in [0.05, 0.1) is 27.0 Å². The Kier molecular flexibility index (Phi) is 3.34. The maximum absolute atomic E-state index is 4.92. The van der Waals surface area contributed by atoms with Crippen LogP contribution in [-0.4, -0.2) is 34.3 Å². The lowest BCUT2D eigenvalue weighted by Gasteiger charge is -2.05. The summed E-state index contributed by atoms with van der Waals surface area (Å²) in [6, 6.07) is 2.09. The van der Waals surface area contributed by atoms with Crippen molar-refractivity contribution in [2.75, 3.05) is 19.5 Å². The van der Waals surface area contributed by atoms with Crippen molar-refractivity contribution in [2.24, 2.45) is 0 Å². The van der Waals surface area contributed by atoms with Gasteiger partial charge in [-0.05, 0) is 0 Å². The number of methoxy groups -OCH3 is 2. The molecule has 0 spiro atoms. The highest BCUT2D eigenvalue weighted by atomic mass is 16.5. The van der Waals surface area contributed by atoms with Gasteiger partial charge in [-0.2, -0.15) is 9.97 Å². The van der Waals surface area contributed by atoms with E-state index in [1.54, 1.807) is 12.3 Å². The van der Waals surface area contributed by atoms with Crippen molar-refractivity contribution in [3.63, 3.8) is 0 Å². The smallest absolute Gasteiger partial charge is 0.324 e. The first-order chi connectivity index (χ1) is 8.31. The van der Waals surface area contributed by atoms with Gasteiger partial charge >= 0.3 is 12.0 Å². The van der Waals surface area contributed by atoms with Gasteiger partial charge in [0.2, 0.25) is 5.95 Å². The van der Waals surface area contributed by atoms with E-state index in [1.807, 2.05) is 0 Å². The van der Waals surface area contributed by atoms with Crippen LogP contribution in [0.4, 0.5) is 5.95 Å². The summed E-state index contributed by atoms with van der Waals surface area (Å²) in [5.74, 6) is 1.01. The summed E-state index contributed by atoms with van der Waals surface area (Å²) >= 11 is 0. The van der Waals surface area contributed by atoms with Gasteiger partial charge in [-0.3, -0.25) is 0 Å². The molecule has 90 valence electrons. The van der Waals surface area contributed by atoms with E-state index in [2.05, 4.69) is 25.4 Å². The van der Waals surface area contributed by atoms with Crippen LogP contribution in [0.2, 0.25) is 0 Å². The standard InChI is InChI=1S/C9H11N5O3/c1-15-8-12-7(13-9(14-8)16-2)10-5-6-3-4-11-17-6/h3-4H,5H2,1-2H3,(H,10,12,13,14). The third kappa shape index (κ3) is 2.80. The molecule has 0 bridgehead atoms. The second kappa shape index (κ2) is 5.10. The summed E-state index contributed by atoms with van der Waals surface area (Å²) in [7, 11) is 2.93. The van der Waals surface area contributed by atoms with Crippen molar-refractivity contribution in [1.82, 2.24) is 20.1 Å². The predicted molar refractivity (Wildman–Crippen MR) is 56.8 cm³/mol. The largest absolute Gasteiger partial charge is 0.467 e. The molecule has 2 rings (SSSR count). The van der Waals surface area contributed by atoms with Gasteiger partial charge in [-0.25, -0.2) is 0 Å². The summed E-state index contributed by atoms with van der Waals surface area (Å²) in [6.07, 6.45) is 1.56. The lowest BCUT2D eigenvalue weighted by atomic mass is 10.4. The molecule has 2 aromatic heterocycles. The number of ether oxygens (including phenoxy) is 2. The Labute approximate surface area is 97.0 Å². The molecule has 0 amide bonds. The van der Waals surface area contributed by atoms with Crippen molar-refractivity contribution >= 4 is 5.95 Å². The first-order valence-electron chi connectivity index (χ1n) is 4.79. The summed E-state index contributed by atoms with van der Waals surface area (Å²) in [5, 5.41) is 6.52. The first kappa shape index (κ1) is 11.1. The maximum Gasteiger partial charge on any atom is 0.324 e. The molecule has 1 N–H and O–H groups in total. The number of aromatic nitrogens is 4. The molecule has 0 aromatic carbocycles. The number of rotatable bonds is 5. The Morgan fingerprint density at radius 2 is 1.88 bits per heavy atom. The molecule has 0 saturated carbocycles. The number of hydrogen-bond donors (Lipinski definition) is 1. The quantitative estimate of drug-likeness (QED) is 0.802. The van der Waals surface area contributed by atoms with Crippen LogP contribution >= 0.6 is 0 Å². The van der Waals surface area contributed by atoms with Gasteiger partial charge < -0.3 is 19.3 Å². The molecular weight excluding hydrogens is 226 g/mol. The van der Waals surface area contributed by atoms with E-state index in [1.165, 1.54) is 14.2 Å². The van der Waals surface area contributed by atoms with E-state index in [9.17, 15) is 0 Å². The van der Waals surface area contributed by atoms with E-state index in [0.29, 0.717) is 18.3 Å². The van der Waals surface area contributed by atoms with Gasteiger partial charge in [-0.15, -0.1) is 4.98 Å². The van der Waals surface area contributed by atoms with Crippen molar-refractivity contribution < 1.29 is 14.0 Å². The molecule has 8 heteroatoms. The van der Waals surface area contributed by atoms with E-state index in [0.717, 1.165) is 0 Å². The number of nitrogens with zero attached hydrogens (tertiary/aromatic N) is 4. The minimum atomic E-state index is 0.178. The minimum absolute atomic E-state index is 0.178. The molecule has 0 aliphatic heterocycles. The zero-order chi connectivity index (χ0) is 12.1. The zero-order valence-corrected chi connectivity index (χ0v) is 9.38.